The average molecular weight is 225 g/mol. The summed E-state index contributed by atoms with van der Waals surface area (Å²) in [5.74, 6) is 0. The van der Waals surface area contributed by atoms with Gasteiger partial charge in [-0.05, 0) is 36.4 Å². The molecule has 1 unspecified atom stereocenters. The van der Waals surface area contributed by atoms with E-state index in [0.717, 1.165) is 42.0 Å². The fourth-order valence-electron chi connectivity index (χ4n) is 1.68. The fourth-order valence-corrected chi connectivity index (χ4v) is 2.46. The SMILES string of the molecule is CCc1nnsc1C(N)C1=COCCC1. The smallest absolute Gasteiger partial charge is 0.0876 e. The highest BCUT2D eigenvalue weighted by Crippen LogP contribution is 2.29. The summed E-state index contributed by atoms with van der Waals surface area (Å²) in [6.45, 7) is 2.87. The van der Waals surface area contributed by atoms with Gasteiger partial charge in [-0.25, -0.2) is 0 Å². The second kappa shape index (κ2) is 4.72. The fraction of sp³-hybridized carbons (Fsp3) is 0.600. The van der Waals surface area contributed by atoms with Gasteiger partial charge in [-0.15, -0.1) is 5.10 Å². The minimum atomic E-state index is -0.0831. The predicted octanol–water partition coefficient (Wildman–Crippen LogP) is 1.79. The highest BCUT2D eigenvalue weighted by Gasteiger charge is 2.20. The molecule has 0 bridgehead atoms. The molecule has 2 heterocycles. The average Bonchev–Trinajstić information content (AvgIpc) is 2.77. The van der Waals surface area contributed by atoms with E-state index in [2.05, 4.69) is 16.5 Å². The molecular formula is C10H15N3OS. The molecule has 2 N–H and O–H groups in total. The van der Waals surface area contributed by atoms with Crippen molar-refractivity contribution in [3.8, 4) is 0 Å². The van der Waals surface area contributed by atoms with Gasteiger partial charge in [0.1, 0.15) is 0 Å². The molecule has 0 aromatic carbocycles. The van der Waals surface area contributed by atoms with Crippen LogP contribution in [0.1, 0.15) is 36.4 Å². The molecule has 1 atom stereocenters. The lowest BCUT2D eigenvalue weighted by Gasteiger charge is -2.18. The van der Waals surface area contributed by atoms with Crippen LogP contribution in [-0.2, 0) is 11.2 Å². The van der Waals surface area contributed by atoms with E-state index in [4.69, 9.17) is 10.5 Å². The van der Waals surface area contributed by atoms with Gasteiger partial charge in [0.25, 0.3) is 0 Å². The van der Waals surface area contributed by atoms with Crippen LogP contribution in [0.5, 0.6) is 0 Å². The summed E-state index contributed by atoms with van der Waals surface area (Å²) in [4.78, 5) is 1.08. The predicted molar refractivity (Wildman–Crippen MR) is 59.5 cm³/mol. The van der Waals surface area contributed by atoms with E-state index in [9.17, 15) is 0 Å². The third-order valence-electron chi connectivity index (χ3n) is 2.56. The maximum atomic E-state index is 6.17. The Labute approximate surface area is 93.3 Å². The van der Waals surface area contributed by atoms with Crippen molar-refractivity contribution < 1.29 is 4.74 Å². The van der Waals surface area contributed by atoms with Crippen molar-refractivity contribution in [3.63, 3.8) is 0 Å². The van der Waals surface area contributed by atoms with Crippen LogP contribution in [0.4, 0.5) is 0 Å². The van der Waals surface area contributed by atoms with Crippen molar-refractivity contribution in [2.75, 3.05) is 6.61 Å². The number of nitrogens with two attached hydrogens (primary N) is 1. The van der Waals surface area contributed by atoms with Crippen molar-refractivity contribution in [1.82, 2.24) is 9.59 Å². The summed E-state index contributed by atoms with van der Waals surface area (Å²) in [5, 5.41) is 4.07. The Kier molecular flexibility index (Phi) is 3.33. The minimum absolute atomic E-state index is 0.0831. The molecule has 15 heavy (non-hydrogen) atoms. The Bertz CT molecular complexity index is 361. The third kappa shape index (κ3) is 2.18. The summed E-state index contributed by atoms with van der Waals surface area (Å²) < 4.78 is 9.25. The second-order valence-electron chi connectivity index (χ2n) is 3.58. The molecule has 2 rings (SSSR count). The summed E-state index contributed by atoms with van der Waals surface area (Å²) >= 11 is 1.39. The van der Waals surface area contributed by atoms with Gasteiger partial charge in [-0.3, -0.25) is 0 Å². The minimum Gasteiger partial charge on any atom is -0.501 e. The van der Waals surface area contributed by atoms with E-state index in [1.165, 1.54) is 11.5 Å². The molecule has 0 amide bonds. The Balaban J connectivity index is 2.19. The lowest BCUT2D eigenvalue weighted by atomic mass is 10.0. The van der Waals surface area contributed by atoms with Gasteiger partial charge < -0.3 is 10.5 Å². The quantitative estimate of drug-likeness (QED) is 0.852. The maximum Gasteiger partial charge on any atom is 0.0876 e. The van der Waals surface area contributed by atoms with Gasteiger partial charge in [0.15, 0.2) is 0 Å². The highest BCUT2D eigenvalue weighted by molar-refractivity contribution is 7.05. The Morgan fingerprint density at radius 1 is 1.67 bits per heavy atom. The lowest BCUT2D eigenvalue weighted by molar-refractivity contribution is 0.221. The molecule has 1 aliphatic heterocycles. The second-order valence-corrected chi connectivity index (χ2v) is 4.37. The number of hydrogen-bond acceptors (Lipinski definition) is 5. The molecule has 4 nitrogen and oxygen atoms in total. The van der Waals surface area contributed by atoms with Crippen LogP contribution in [0.2, 0.25) is 0 Å². The molecule has 0 radical (unpaired) electrons. The van der Waals surface area contributed by atoms with Gasteiger partial charge in [-0.1, -0.05) is 11.4 Å². The van der Waals surface area contributed by atoms with Gasteiger partial charge in [0.05, 0.1) is 29.5 Å². The van der Waals surface area contributed by atoms with E-state index in [0.29, 0.717) is 0 Å². The third-order valence-corrected chi connectivity index (χ3v) is 3.41. The number of nitrogens with zero attached hydrogens (tertiary/aromatic N) is 2. The van der Waals surface area contributed by atoms with Gasteiger partial charge in [-0.2, -0.15) is 0 Å². The van der Waals surface area contributed by atoms with E-state index >= 15 is 0 Å². The first-order valence-electron chi connectivity index (χ1n) is 5.20. The molecule has 0 aliphatic carbocycles. The normalized spacial score (nSPS) is 18.1. The number of aromatic nitrogens is 2. The van der Waals surface area contributed by atoms with Crippen molar-refractivity contribution in [3.05, 3.63) is 22.4 Å². The molecule has 1 aromatic heterocycles. The van der Waals surface area contributed by atoms with Crippen molar-refractivity contribution >= 4 is 11.5 Å². The van der Waals surface area contributed by atoms with E-state index in [-0.39, 0.29) is 6.04 Å². The highest BCUT2D eigenvalue weighted by atomic mass is 32.1. The molecule has 0 saturated heterocycles. The first-order valence-corrected chi connectivity index (χ1v) is 5.97. The molecular weight excluding hydrogens is 210 g/mol. The zero-order valence-corrected chi connectivity index (χ0v) is 9.59. The van der Waals surface area contributed by atoms with E-state index in [1.54, 1.807) is 6.26 Å². The first kappa shape index (κ1) is 10.6. The monoisotopic (exact) mass is 225 g/mol. The number of hydrogen-bond donors (Lipinski definition) is 1. The lowest BCUT2D eigenvalue weighted by Crippen LogP contribution is -2.16. The Morgan fingerprint density at radius 3 is 3.20 bits per heavy atom. The molecule has 0 saturated carbocycles. The van der Waals surface area contributed by atoms with Crippen LogP contribution in [0.25, 0.3) is 0 Å². The molecule has 5 heteroatoms. The molecule has 82 valence electrons. The Morgan fingerprint density at radius 2 is 2.53 bits per heavy atom. The van der Waals surface area contributed by atoms with Crippen molar-refractivity contribution in [2.24, 2.45) is 5.73 Å². The summed E-state index contributed by atoms with van der Waals surface area (Å²) in [5.41, 5.74) is 8.34. The molecule has 0 fully saturated rings. The number of aryl methyl sites for hydroxylation is 1. The molecule has 1 aliphatic rings. The summed E-state index contributed by atoms with van der Waals surface area (Å²) in [6.07, 6.45) is 4.75. The Hall–Kier alpha value is -0.940. The van der Waals surface area contributed by atoms with Crippen LogP contribution < -0.4 is 5.73 Å². The standard InChI is InChI=1S/C10H15N3OS/c1-2-8-10(15-13-12-8)9(11)7-4-3-5-14-6-7/h6,9H,2-5,11H2,1H3. The van der Waals surface area contributed by atoms with Crippen LogP contribution in [0, 0.1) is 0 Å². The van der Waals surface area contributed by atoms with Crippen LogP contribution in [-0.4, -0.2) is 16.2 Å². The van der Waals surface area contributed by atoms with Crippen molar-refractivity contribution in [1.29, 1.82) is 0 Å². The zero-order valence-electron chi connectivity index (χ0n) is 8.77. The van der Waals surface area contributed by atoms with E-state index < -0.39 is 0 Å². The number of rotatable bonds is 3. The molecule has 1 aromatic rings. The van der Waals surface area contributed by atoms with E-state index in [1.807, 2.05) is 0 Å². The largest absolute Gasteiger partial charge is 0.501 e. The number of ether oxygens (including phenoxy) is 1. The van der Waals surface area contributed by atoms with Crippen molar-refractivity contribution in [2.45, 2.75) is 32.2 Å². The van der Waals surface area contributed by atoms with Gasteiger partial charge in [0, 0.05) is 0 Å². The van der Waals surface area contributed by atoms with Crippen LogP contribution in [0.15, 0.2) is 11.8 Å². The maximum absolute atomic E-state index is 6.17. The summed E-state index contributed by atoms with van der Waals surface area (Å²) in [6, 6.07) is -0.0831. The first-order chi connectivity index (χ1) is 7.33. The zero-order chi connectivity index (χ0) is 10.7. The van der Waals surface area contributed by atoms with Gasteiger partial charge >= 0.3 is 0 Å². The topological polar surface area (TPSA) is 61.0 Å². The summed E-state index contributed by atoms with van der Waals surface area (Å²) in [7, 11) is 0. The molecule has 0 spiro atoms. The van der Waals surface area contributed by atoms with Crippen LogP contribution >= 0.6 is 11.5 Å². The van der Waals surface area contributed by atoms with Gasteiger partial charge in [0.2, 0.25) is 0 Å². The van der Waals surface area contributed by atoms with Crippen LogP contribution in [0.3, 0.4) is 0 Å².